The van der Waals surface area contributed by atoms with Crippen LogP contribution < -0.4 is 10.1 Å². The summed E-state index contributed by atoms with van der Waals surface area (Å²) < 4.78 is 5.83. The molecule has 1 aliphatic rings. The highest BCUT2D eigenvalue weighted by atomic mass is 16.5. The largest absolute Gasteiger partial charge is 0.487 e. The van der Waals surface area contributed by atoms with Crippen LogP contribution >= 0.6 is 0 Å². The Morgan fingerprint density at radius 1 is 1.20 bits per heavy atom. The normalized spacial score (nSPS) is 14.2. The van der Waals surface area contributed by atoms with E-state index in [2.05, 4.69) is 34.6 Å². The van der Waals surface area contributed by atoms with Crippen LogP contribution in [-0.2, 0) is 13.2 Å². The van der Waals surface area contributed by atoms with Crippen molar-refractivity contribution in [2.45, 2.75) is 39.0 Å². The summed E-state index contributed by atoms with van der Waals surface area (Å²) >= 11 is 0. The summed E-state index contributed by atoms with van der Waals surface area (Å²) in [7, 11) is 0. The van der Waals surface area contributed by atoms with E-state index in [4.69, 9.17) is 4.74 Å². The summed E-state index contributed by atoms with van der Waals surface area (Å²) in [6.07, 6.45) is 4.43. The van der Waals surface area contributed by atoms with Gasteiger partial charge in [-0.1, -0.05) is 24.3 Å². The first-order valence-corrected chi connectivity index (χ1v) is 7.17. The summed E-state index contributed by atoms with van der Waals surface area (Å²) in [5.74, 6) is 0.856. The highest BCUT2D eigenvalue weighted by molar-refractivity contribution is 5.27. The van der Waals surface area contributed by atoms with Crippen LogP contribution in [0.1, 0.15) is 29.7 Å². The molecule has 104 valence electrons. The third-order valence-corrected chi connectivity index (χ3v) is 3.52. The van der Waals surface area contributed by atoms with Crippen LogP contribution in [0.15, 0.2) is 42.6 Å². The van der Waals surface area contributed by atoms with Crippen LogP contribution in [0.2, 0.25) is 0 Å². The second-order valence-electron chi connectivity index (χ2n) is 5.35. The molecule has 1 aromatic carbocycles. The molecule has 3 rings (SSSR count). The van der Waals surface area contributed by atoms with Gasteiger partial charge in [-0.15, -0.1) is 0 Å². The zero-order chi connectivity index (χ0) is 13.8. The molecule has 0 amide bonds. The van der Waals surface area contributed by atoms with Gasteiger partial charge in [0.05, 0.1) is 5.69 Å². The fourth-order valence-corrected chi connectivity index (χ4v) is 2.16. The van der Waals surface area contributed by atoms with Gasteiger partial charge in [-0.25, -0.2) is 0 Å². The van der Waals surface area contributed by atoms with Crippen LogP contribution in [0.25, 0.3) is 0 Å². The zero-order valence-corrected chi connectivity index (χ0v) is 11.8. The molecule has 1 aromatic heterocycles. The van der Waals surface area contributed by atoms with E-state index < -0.39 is 0 Å². The van der Waals surface area contributed by atoms with Crippen molar-refractivity contribution in [2.24, 2.45) is 0 Å². The second kappa shape index (κ2) is 6.06. The lowest BCUT2D eigenvalue weighted by Gasteiger charge is -2.09. The van der Waals surface area contributed by atoms with E-state index in [1.807, 2.05) is 19.1 Å². The van der Waals surface area contributed by atoms with Gasteiger partial charge >= 0.3 is 0 Å². The van der Waals surface area contributed by atoms with Crippen LogP contribution in [-0.4, -0.2) is 11.0 Å². The van der Waals surface area contributed by atoms with E-state index in [1.54, 1.807) is 6.20 Å². The monoisotopic (exact) mass is 268 g/mol. The van der Waals surface area contributed by atoms with Crippen molar-refractivity contribution in [3.8, 4) is 5.75 Å². The van der Waals surface area contributed by atoms with Gasteiger partial charge in [-0.2, -0.15) is 0 Å². The first-order chi connectivity index (χ1) is 9.81. The van der Waals surface area contributed by atoms with E-state index in [0.29, 0.717) is 6.61 Å². The number of ether oxygens (including phenoxy) is 1. The molecule has 0 radical (unpaired) electrons. The van der Waals surface area contributed by atoms with Crippen molar-refractivity contribution in [2.75, 3.05) is 0 Å². The number of hydrogen-bond donors (Lipinski definition) is 1. The lowest BCUT2D eigenvalue weighted by Crippen LogP contribution is -2.15. The number of nitrogens with one attached hydrogen (secondary N) is 1. The number of nitrogens with zero attached hydrogens (tertiary/aromatic N) is 1. The van der Waals surface area contributed by atoms with Gasteiger partial charge in [0.1, 0.15) is 12.4 Å². The van der Waals surface area contributed by atoms with E-state index in [-0.39, 0.29) is 0 Å². The molecule has 1 saturated carbocycles. The minimum absolute atomic E-state index is 0.587. The Bertz CT molecular complexity index is 579. The topological polar surface area (TPSA) is 34.1 Å². The SMILES string of the molecule is Cc1ncccc1OCc1cccc(CNC2CC2)c1. The maximum atomic E-state index is 5.83. The molecule has 0 spiro atoms. The first-order valence-electron chi connectivity index (χ1n) is 7.17. The fraction of sp³-hybridized carbons (Fsp3) is 0.353. The summed E-state index contributed by atoms with van der Waals surface area (Å²) in [4.78, 5) is 4.23. The van der Waals surface area contributed by atoms with Gasteiger partial charge in [0, 0.05) is 18.8 Å². The number of aryl methyl sites for hydroxylation is 1. The van der Waals surface area contributed by atoms with Crippen molar-refractivity contribution in [3.63, 3.8) is 0 Å². The average Bonchev–Trinajstić information content (AvgIpc) is 3.29. The van der Waals surface area contributed by atoms with Gasteiger partial charge in [-0.3, -0.25) is 4.98 Å². The van der Waals surface area contributed by atoms with Gasteiger partial charge in [0.25, 0.3) is 0 Å². The highest BCUT2D eigenvalue weighted by Crippen LogP contribution is 2.20. The maximum absolute atomic E-state index is 5.83. The molecular formula is C17H20N2O. The van der Waals surface area contributed by atoms with Crippen molar-refractivity contribution in [1.82, 2.24) is 10.3 Å². The first kappa shape index (κ1) is 13.1. The number of hydrogen-bond acceptors (Lipinski definition) is 3. The van der Waals surface area contributed by atoms with E-state index in [9.17, 15) is 0 Å². The minimum Gasteiger partial charge on any atom is -0.487 e. The third-order valence-electron chi connectivity index (χ3n) is 3.52. The Labute approximate surface area is 120 Å². The molecule has 20 heavy (non-hydrogen) atoms. The van der Waals surface area contributed by atoms with Gasteiger partial charge in [-0.05, 0) is 43.0 Å². The third kappa shape index (κ3) is 3.58. The van der Waals surface area contributed by atoms with Crippen molar-refractivity contribution < 1.29 is 4.74 Å². The van der Waals surface area contributed by atoms with Crippen molar-refractivity contribution >= 4 is 0 Å². The Morgan fingerprint density at radius 2 is 2.05 bits per heavy atom. The average molecular weight is 268 g/mol. The lowest BCUT2D eigenvalue weighted by molar-refractivity contribution is 0.302. The Morgan fingerprint density at radius 3 is 2.85 bits per heavy atom. The van der Waals surface area contributed by atoms with Crippen LogP contribution in [0.5, 0.6) is 5.75 Å². The predicted molar refractivity (Wildman–Crippen MR) is 79.6 cm³/mol. The summed E-state index contributed by atoms with van der Waals surface area (Å²) in [6, 6.07) is 13.2. The van der Waals surface area contributed by atoms with Crippen LogP contribution in [0.3, 0.4) is 0 Å². The van der Waals surface area contributed by atoms with E-state index >= 15 is 0 Å². The lowest BCUT2D eigenvalue weighted by atomic mass is 10.1. The molecule has 0 atom stereocenters. The quantitative estimate of drug-likeness (QED) is 0.873. The highest BCUT2D eigenvalue weighted by Gasteiger charge is 2.19. The molecule has 1 heterocycles. The van der Waals surface area contributed by atoms with E-state index in [1.165, 1.54) is 24.0 Å². The smallest absolute Gasteiger partial charge is 0.141 e. The maximum Gasteiger partial charge on any atom is 0.141 e. The summed E-state index contributed by atoms with van der Waals surface area (Å²) in [5, 5.41) is 3.53. The van der Waals surface area contributed by atoms with Crippen molar-refractivity contribution in [1.29, 1.82) is 0 Å². The number of aromatic nitrogens is 1. The summed E-state index contributed by atoms with van der Waals surface area (Å²) in [6.45, 7) is 3.50. The fourth-order valence-electron chi connectivity index (χ4n) is 2.16. The minimum atomic E-state index is 0.587. The predicted octanol–water partition coefficient (Wildman–Crippen LogP) is 3.22. The van der Waals surface area contributed by atoms with Gasteiger partial charge in [0.2, 0.25) is 0 Å². The van der Waals surface area contributed by atoms with Crippen LogP contribution in [0, 0.1) is 6.92 Å². The molecule has 1 aliphatic carbocycles. The van der Waals surface area contributed by atoms with Gasteiger partial charge < -0.3 is 10.1 Å². The molecule has 3 nitrogen and oxygen atoms in total. The summed E-state index contributed by atoms with van der Waals surface area (Å²) in [5.41, 5.74) is 3.45. The van der Waals surface area contributed by atoms with E-state index in [0.717, 1.165) is 24.0 Å². The Hall–Kier alpha value is -1.87. The Kier molecular flexibility index (Phi) is 3.97. The molecule has 3 heteroatoms. The Balaban J connectivity index is 1.59. The zero-order valence-electron chi connectivity index (χ0n) is 11.8. The molecule has 0 aliphatic heterocycles. The second-order valence-corrected chi connectivity index (χ2v) is 5.35. The number of pyridine rings is 1. The molecule has 2 aromatic rings. The molecule has 1 fully saturated rings. The van der Waals surface area contributed by atoms with Gasteiger partial charge in [0.15, 0.2) is 0 Å². The number of rotatable bonds is 6. The molecule has 0 bridgehead atoms. The molecule has 1 N–H and O–H groups in total. The standard InChI is InChI=1S/C17H20N2O/c1-13-17(6-3-9-18-13)20-12-15-5-2-4-14(10-15)11-19-16-7-8-16/h2-6,9-10,16,19H,7-8,11-12H2,1H3. The molecule has 0 unspecified atom stereocenters. The van der Waals surface area contributed by atoms with Crippen molar-refractivity contribution in [3.05, 3.63) is 59.4 Å². The molecular weight excluding hydrogens is 248 g/mol. The van der Waals surface area contributed by atoms with Crippen LogP contribution in [0.4, 0.5) is 0 Å². The molecule has 0 saturated heterocycles. The number of benzene rings is 1.